The first kappa shape index (κ1) is 15.8. The molecule has 0 aliphatic carbocycles. The van der Waals surface area contributed by atoms with Gasteiger partial charge in [-0.1, -0.05) is 49.4 Å². The SMILES string of the molecule is CCC(=O)NCCNC(=O)c1ccc(-c2ccccc2)cc1. The Morgan fingerprint density at radius 3 is 2.05 bits per heavy atom. The second-order valence-corrected chi connectivity index (χ2v) is 4.90. The van der Waals surface area contributed by atoms with Crippen LogP contribution < -0.4 is 10.6 Å². The van der Waals surface area contributed by atoms with Crippen molar-refractivity contribution in [1.29, 1.82) is 0 Å². The van der Waals surface area contributed by atoms with Crippen LogP contribution in [0, 0.1) is 0 Å². The molecule has 0 fully saturated rings. The van der Waals surface area contributed by atoms with Gasteiger partial charge in [0.1, 0.15) is 0 Å². The highest BCUT2D eigenvalue weighted by molar-refractivity contribution is 5.94. The minimum Gasteiger partial charge on any atom is -0.354 e. The lowest BCUT2D eigenvalue weighted by atomic mass is 10.0. The zero-order chi connectivity index (χ0) is 15.8. The second kappa shape index (κ2) is 7.98. The van der Waals surface area contributed by atoms with Crippen LogP contribution in [-0.2, 0) is 4.79 Å². The van der Waals surface area contributed by atoms with E-state index < -0.39 is 0 Å². The maximum atomic E-state index is 12.0. The molecule has 0 heterocycles. The molecule has 0 saturated carbocycles. The first-order valence-electron chi connectivity index (χ1n) is 7.41. The van der Waals surface area contributed by atoms with Crippen LogP contribution in [0.2, 0.25) is 0 Å². The van der Waals surface area contributed by atoms with E-state index in [9.17, 15) is 9.59 Å². The molecule has 0 aliphatic rings. The predicted octanol–water partition coefficient (Wildman–Crippen LogP) is 2.61. The third-order valence-corrected chi connectivity index (χ3v) is 3.31. The van der Waals surface area contributed by atoms with Crippen molar-refractivity contribution in [3.8, 4) is 11.1 Å². The van der Waals surface area contributed by atoms with Gasteiger partial charge in [-0.2, -0.15) is 0 Å². The maximum Gasteiger partial charge on any atom is 0.251 e. The van der Waals surface area contributed by atoms with Gasteiger partial charge in [0.2, 0.25) is 5.91 Å². The van der Waals surface area contributed by atoms with Gasteiger partial charge in [-0.25, -0.2) is 0 Å². The molecule has 0 radical (unpaired) electrons. The molecule has 2 N–H and O–H groups in total. The number of hydrogen-bond acceptors (Lipinski definition) is 2. The summed E-state index contributed by atoms with van der Waals surface area (Å²) in [6, 6.07) is 17.5. The summed E-state index contributed by atoms with van der Waals surface area (Å²) in [5.41, 5.74) is 2.81. The Labute approximate surface area is 130 Å². The van der Waals surface area contributed by atoms with E-state index in [4.69, 9.17) is 0 Å². The fourth-order valence-electron chi connectivity index (χ4n) is 2.05. The number of nitrogens with one attached hydrogen (secondary N) is 2. The van der Waals surface area contributed by atoms with Gasteiger partial charge in [0.15, 0.2) is 0 Å². The molecule has 0 bridgehead atoms. The van der Waals surface area contributed by atoms with Crippen LogP contribution >= 0.6 is 0 Å². The molecule has 0 atom stereocenters. The number of hydrogen-bond donors (Lipinski definition) is 2. The minimum absolute atomic E-state index is 0.0125. The van der Waals surface area contributed by atoms with Gasteiger partial charge in [-0.15, -0.1) is 0 Å². The number of amides is 2. The molecule has 0 unspecified atom stereocenters. The van der Waals surface area contributed by atoms with E-state index in [-0.39, 0.29) is 11.8 Å². The van der Waals surface area contributed by atoms with E-state index in [1.54, 1.807) is 6.92 Å². The lowest BCUT2D eigenvalue weighted by molar-refractivity contribution is -0.120. The highest BCUT2D eigenvalue weighted by Gasteiger charge is 2.05. The number of benzene rings is 2. The van der Waals surface area contributed by atoms with Crippen LogP contribution in [0.15, 0.2) is 54.6 Å². The van der Waals surface area contributed by atoms with E-state index in [0.29, 0.717) is 25.1 Å². The number of rotatable bonds is 6. The minimum atomic E-state index is -0.134. The number of carbonyl (C=O) groups is 2. The summed E-state index contributed by atoms with van der Waals surface area (Å²) in [6.45, 7) is 2.66. The molecule has 2 aromatic rings. The van der Waals surface area contributed by atoms with Crippen molar-refractivity contribution in [2.24, 2.45) is 0 Å². The van der Waals surface area contributed by atoms with Crippen molar-refractivity contribution < 1.29 is 9.59 Å². The van der Waals surface area contributed by atoms with E-state index in [2.05, 4.69) is 10.6 Å². The zero-order valence-corrected chi connectivity index (χ0v) is 12.6. The fraction of sp³-hybridized carbons (Fsp3) is 0.222. The molecule has 2 rings (SSSR count). The molecular formula is C18H20N2O2. The Bertz CT molecular complexity index is 621. The Hall–Kier alpha value is -2.62. The van der Waals surface area contributed by atoms with Crippen LogP contribution in [0.4, 0.5) is 0 Å². The monoisotopic (exact) mass is 296 g/mol. The van der Waals surface area contributed by atoms with Gasteiger partial charge < -0.3 is 10.6 Å². The highest BCUT2D eigenvalue weighted by Crippen LogP contribution is 2.19. The molecule has 0 aliphatic heterocycles. The molecule has 4 nitrogen and oxygen atoms in total. The molecular weight excluding hydrogens is 276 g/mol. The topological polar surface area (TPSA) is 58.2 Å². The van der Waals surface area contributed by atoms with Gasteiger partial charge in [-0.05, 0) is 23.3 Å². The summed E-state index contributed by atoms with van der Waals surface area (Å²) in [4.78, 5) is 23.1. The van der Waals surface area contributed by atoms with Crippen molar-refractivity contribution in [1.82, 2.24) is 10.6 Å². The first-order valence-corrected chi connectivity index (χ1v) is 7.41. The Morgan fingerprint density at radius 1 is 0.818 bits per heavy atom. The van der Waals surface area contributed by atoms with Crippen LogP contribution in [0.5, 0.6) is 0 Å². The average molecular weight is 296 g/mol. The largest absolute Gasteiger partial charge is 0.354 e. The van der Waals surface area contributed by atoms with Gasteiger partial charge in [-0.3, -0.25) is 9.59 Å². The fourth-order valence-corrected chi connectivity index (χ4v) is 2.05. The zero-order valence-electron chi connectivity index (χ0n) is 12.6. The molecule has 0 aromatic heterocycles. The third-order valence-electron chi connectivity index (χ3n) is 3.31. The molecule has 0 spiro atoms. The Morgan fingerprint density at radius 2 is 1.41 bits per heavy atom. The summed E-state index contributed by atoms with van der Waals surface area (Å²) in [6.07, 6.45) is 0.453. The molecule has 0 saturated heterocycles. The standard InChI is InChI=1S/C18H20N2O2/c1-2-17(21)19-12-13-20-18(22)16-10-8-15(9-11-16)14-6-4-3-5-7-14/h3-11H,2,12-13H2,1H3,(H,19,21)(H,20,22). The first-order chi connectivity index (χ1) is 10.7. The third kappa shape index (κ3) is 4.45. The number of carbonyl (C=O) groups excluding carboxylic acids is 2. The summed E-state index contributed by atoms with van der Waals surface area (Å²) >= 11 is 0. The van der Waals surface area contributed by atoms with Gasteiger partial charge in [0, 0.05) is 25.1 Å². The second-order valence-electron chi connectivity index (χ2n) is 4.90. The maximum absolute atomic E-state index is 12.0. The molecule has 2 amide bonds. The average Bonchev–Trinajstić information content (AvgIpc) is 2.59. The molecule has 4 heteroatoms. The highest BCUT2D eigenvalue weighted by atomic mass is 16.2. The van der Waals surface area contributed by atoms with Crippen molar-refractivity contribution in [2.75, 3.05) is 13.1 Å². The quantitative estimate of drug-likeness (QED) is 0.805. The van der Waals surface area contributed by atoms with Crippen molar-refractivity contribution in [2.45, 2.75) is 13.3 Å². The van der Waals surface area contributed by atoms with E-state index >= 15 is 0 Å². The summed E-state index contributed by atoms with van der Waals surface area (Å²) in [5, 5.41) is 5.50. The molecule has 22 heavy (non-hydrogen) atoms. The van der Waals surface area contributed by atoms with Crippen LogP contribution in [0.1, 0.15) is 23.7 Å². The molecule has 114 valence electrons. The van der Waals surface area contributed by atoms with Crippen LogP contribution in [0.25, 0.3) is 11.1 Å². The van der Waals surface area contributed by atoms with Crippen LogP contribution in [-0.4, -0.2) is 24.9 Å². The van der Waals surface area contributed by atoms with E-state index in [1.165, 1.54) is 0 Å². The smallest absolute Gasteiger partial charge is 0.251 e. The van der Waals surface area contributed by atoms with Gasteiger partial charge in [0.25, 0.3) is 5.91 Å². The van der Waals surface area contributed by atoms with Gasteiger partial charge in [0.05, 0.1) is 0 Å². The Balaban J connectivity index is 1.87. The lowest BCUT2D eigenvalue weighted by Gasteiger charge is -2.07. The normalized spacial score (nSPS) is 10.0. The van der Waals surface area contributed by atoms with Crippen molar-refractivity contribution in [3.63, 3.8) is 0 Å². The Kier molecular flexibility index (Phi) is 5.72. The predicted molar refractivity (Wildman–Crippen MR) is 87.5 cm³/mol. The van der Waals surface area contributed by atoms with E-state index in [1.807, 2.05) is 54.6 Å². The van der Waals surface area contributed by atoms with Gasteiger partial charge >= 0.3 is 0 Å². The van der Waals surface area contributed by atoms with Crippen molar-refractivity contribution in [3.05, 3.63) is 60.2 Å². The van der Waals surface area contributed by atoms with Crippen molar-refractivity contribution >= 4 is 11.8 Å². The lowest BCUT2D eigenvalue weighted by Crippen LogP contribution is -2.34. The van der Waals surface area contributed by atoms with E-state index in [0.717, 1.165) is 11.1 Å². The summed E-state index contributed by atoms with van der Waals surface area (Å²) < 4.78 is 0. The van der Waals surface area contributed by atoms with Crippen LogP contribution in [0.3, 0.4) is 0 Å². The summed E-state index contributed by atoms with van der Waals surface area (Å²) in [7, 11) is 0. The summed E-state index contributed by atoms with van der Waals surface area (Å²) in [5.74, 6) is -0.146. The molecule has 2 aromatic carbocycles.